The molecule has 2 unspecified atom stereocenters. The number of hydrogen-bond acceptors (Lipinski definition) is 3. The largest absolute Gasteiger partial charge is 0.396 e. The Morgan fingerprint density at radius 1 is 1.33 bits per heavy atom. The fourth-order valence-electron chi connectivity index (χ4n) is 2.86. The van der Waals surface area contributed by atoms with Gasteiger partial charge in [0.15, 0.2) is 0 Å². The topological polar surface area (TPSA) is 32.3 Å². The smallest absolute Gasteiger partial charge is 0.0499 e. The normalized spacial score (nSPS) is 38.4. The number of rotatable bonds is 3. The van der Waals surface area contributed by atoms with E-state index in [1.807, 2.05) is 0 Å². The fraction of sp³-hybridized carbons (Fsp3) is 1.00. The molecule has 1 aliphatic heterocycles. The molecule has 0 spiro atoms. The first-order chi connectivity index (χ1) is 7.24. The van der Waals surface area contributed by atoms with E-state index in [-0.39, 0.29) is 5.41 Å². The predicted octanol–water partition coefficient (Wildman–Crippen LogP) is 2.02. The first-order valence-corrected chi connectivity index (χ1v) is 7.35. The van der Waals surface area contributed by atoms with Gasteiger partial charge in [-0.05, 0) is 37.2 Å². The van der Waals surface area contributed by atoms with Gasteiger partial charge in [0.05, 0.1) is 0 Å². The molecule has 88 valence electrons. The van der Waals surface area contributed by atoms with Crippen molar-refractivity contribution in [1.29, 1.82) is 0 Å². The van der Waals surface area contributed by atoms with E-state index in [4.69, 9.17) is 0 Å². The molecule has 1 saturated carbocycles. The van der Waals surface area contributed by atoms with E-state index >= 15 is 0 Å². The van der Waals surface area contributed by atoms with Gasteiger partial charge in [-0.2, -0.15) is 11.8 Å². The van der Waals surface area contributed by atoms with Gasteiger partial charge in [0.25, 0.3) is 0 Å². The van der Waals surface area contributed by atoms with Gasteiger partial charge >= 0.3 is 0 Å². The number of aliphatic hydroxyl groups is 1. The van der Waals surface area contributed by atoms with E-state index in [1.165, 1.54) is 43.6 Å². The van der Waals surface area contributed by atoms with Crippen LogP contribution in [0.25, 0.3) is 0 Å². The number of aliphatic hydroxyl groups excluding tert-OH is 1. The lowest BCUT2D eigenvalue weighted by Gasteiger charge is -2.35. The lowest BCUT2D eigenvalue weighted by molar-refractivity contribution is 0.112. The molecule has 0 aromatic carbocycles. The molecule has 3 heteroatoms. The molecule has 15 heavy (non-hydrogen) atoms. The third-order valence-electron chi connectivity index (χ3n) is 4.10. The molecular formula is C12H23NOS. The molecule has 0 radical (unpaired) electrons. The van der Waals surface area contributed by atoms with E-state index in [1.54, 1.807) is 0 Å². The van der Waals surface area contributed by atoms with Crippen LogP contribution in [0.1, 0.15) is 39.0 Å². The van der Waals surface area contributed by atoms with Gasteiger partial charge in [0.2, 0.25) is 0 Å². The highest BCUT2D eigenvalue weighted by Gasteiger charge is 2.39. The van der Waals surface area contributed by atoms with Crippen LogP contribution in [-0.4, -0.2) is 35.3 Å². The van der Waals surface area contributed by atoms with Crippen molar-refractivity contribution in [1.82, 2.24) is 5.32 Å². The zero-order valence-electron chi connectivity index (χ0n) is 9.67. The molecule has 2 aliphatic rings. The summed E-state index contributed by atoms with van der Waals surface area (Å²) in [5, 5.41) is 13.3. The van der Waals surface area contributed by atoms with Gasteiger partial charge < -0.3 is 10.4 Å². The molecule has 1 saturated heterocycles. The Hall–Kier alpha value is 0.270. The average molecular weight is 229 g/mol. The molecule has 0 amide bonds. The van der Waals surface area contributed by atoms with Crippen molar-refractivity contribution in [3.63, 3.8) is 0 Å². The zero-order chi connectivity index (χ0) is 10.7. The van der Waals surface area contributed by atoms with Crippen molar-refractivity contribution in [2.24, 2.45) is 5.41 Å². The molecule has 2 fully saturated rings. The highest BCUT2D eigenvalue weighted by Crippen LogP contribution is 2.38. The van der Waals surface area contributed by atoms with Crippen molar-refractivity contribution < 1.29 is 5.11 Å². The SMILES string of the molecule is CC1(CO)CCCC1NC1CCSCC1. The van der Waals surface area contributed by atoms with Crippen LogP contribution in [0, 0.1) is 5.41 Å². The predicted molar refractivity (Wildman–Crippen MR) is 66.3 cm³/mol. The van der Waals surface area contributed by atoms with Crippen LogP contribution in [0.3, 0.4) is 0 Å². The third kappa shape index (κ3) is 2.69. The highest BCUT2D eigenvalue weighted by atomic mass is 32.2. The molecule has 1 aliphatic carbocycles. The van der Waals surface area contributed by atoms with Crippen molar-refractivity contribution in [2.45, 2.75) is 51.1 Å². The second-order valence-corrected chi connectivity index (χ2v) is 6.54. The summed E-state index contributed by atoms with van der Waals surface area (Å²) in [5.41, 5.74) is 0.143. The summed E-state index contributed by atoms with van der Waals surface area (Å²) in [6, 6.07) is 1.26. The standard InChI is InChI=1S/C12H23NOS/c1-12(9-14)6-2-3-11(12)13-10-4-7-15-8-5-10/h10-11,13-14H,2-9H2,1H3. The van der Waals surface area contributed by atoms with Crippen LogP contribution in [0.5, 0.6) is 0 Å². The van der Waals surface area contributed by atoms with Gasteiger partial charge in [-0.1, -0.05) is 13.3 Å². The minimum absolute atomic E-state index is 0.143. The molecule has 1 heterocycles. The van der Waals surface area contributed by atoms with Gasteiger partial charge in [0, 0.05) is 24.1 Å². The van der Waals surface area contributed by atoms with Crippen LogP contribution in [0.4, 0.5) is 0 Å². The Kier molecular flexibility index (Phi) is 3.97. The maximum Gasteiger partial charge on any atom is 0.0499 e. The monoisotopic (exact) mass is 229 g/mol. The van der Waals surface area contributed by atoms with Crippen molar-refractivity contribution in [2.75, 3.05) is 18.1 Å². The summed E-state index contributed by atoms with van der Waals surface area (Å²) < 4.78 is 0. The molecule has 2 rings (SSSR count). The summed E-state index contributed by atoms with van der Waals surface area (Å²) >= 11 is 2.07. The fourth-order valence-corrected chi connectivity index (χ4v) is 3.96. The van der Waals surface area contributed by atoms with Gasteiger partial charge in [0.1, 0.15) is 0 Å². The first kappa shape index (κ1) is 11.7. The van der Waals surface area contributed by atoms with E-state index in [0.29, 0.717) is 18.7 Å². The van der Waals surface area contributed by atoms with Crippen LogP contribution < -0.4 is 5.32 Å². The molecule has 2 atom stereocenters. The van der Waals surface area contributed by atoms with Gasteiger partial charge in [-0.25, -0.2) is 0 Å². The van der Waals surface area contributed by atoms with E-state index < -0.39 is 0 Å². The molecule has 2 N–H and O–H groups in total. The van der Waals surface area contributed by atoms with Crippen molar-refractivity contribution in [3.8, 4) is 0 Å². The summed E-state index contributed by atoms with van der Waals surface area (Å²) in [6.45, 7) is 2.57. The lowest BCUT2D eigenvalue weighted by atomic mass is 9.85. The Morgan fingerprint density at radius 2 is 2.07 bits per heavy atom. The van der Waals surface area contributed by atoms with Crippen LogP contribution in [0.15, 0.2) is 0 Å². The van der Waals surface area contributed by atoms with Gasteiger partial charge in [-0.3, -0.25) is 0 Å². The molecule has 0 aromatic heterocycles. The molecule has 0 aromatic rings. The van der Waals surface area contributed by atoms with E-state index in [9.17, 15) is 5.11 Å². The zero-order valence-corrected chi connectivity index (χ0v) is 10.5. The second-order valence-electron chi connectivity index (χ2n) is 5.31. The van der Waals surface area contributed by atoms with E-state index in [2.05, 4.69) is 24.0 Å². The maximum atomic E-state index is 9.48. The van der Waals surface area contributed by atoms with Crippen LogP contribution in [0.2, 0.25) is 0 Å². The third-order valence-corrected chi connectivity index (χ3v) is 5.15. The Bertz CT molecular complexity index is 206. The number of thioether (sulfide) groups is 1. The van der Waals surface area contributed by atoms with Crippen LogP contribution in [-0.2, 0) is 0 Å². The Morgan fingerprint density at radius 3 is 2.73 bits per heavy atom. The number of hydrogen-bond donors (Lipinski definition) is 2. The van der Waals surface area contributed by atoms with Crippen LogP contribution >= 0.6 is 11.8 Å². The van der Waals surface area contributed by atoms with Crippen molar-refractivity contribution >= 4 is 11.8 Å². The Labute approximate surface area is 97.2 Å². The minimum atomic E-state index is 0.143. The Balaban J connectivity index is 1.87. The number of nitrogens with one attached hydrogen (secondary N) is 1. The minimum Gasteiger partial charge on any atom is -0.396 e. The second kappa shape index (κ2) is 5.07. The quantitative estimate of drug-likeness (QED) is 0.776. The summed E-state index contributed by atoms with van der Waals surface area (Å²) in [7, 11) is 0. The van der Waals surface area contributed by atoms with E-state index in [0.717, 1.165) is 0 Å². The van der Waals surface area contributed by atoms with Crippen molar-refractivity contribution in [3.05, 3.63) is 0 Å². The van der Waals surface area contributed by atoms with Gasteiger partial charge in [-0.15, -0.1) is 0 Å². The molecular weight excluding hydrogens is 206 g/mol. The first-order valence-electron chi connectivity index (χ1n) is 6.19. The summed E-state index contributed by atoms with van der Waals surface area (Å²) in [5.74, 6) is 2.61. The molecule has 0 bridgehead atoms. The summed E-state index contributed by atoms with van der Waals surface area (Å²) in [6.07, 6.45) is 6.32. The highest BCUT2D eigenvalue weighted by molar-refractivity contribution is 7.99. The maximum absolute atomic E-state index is 9.48. The average Bonchev–Trinajstić information content (AvgIpc) is 2.63. The molecule has 2 nitrogen and oxygen atoms in total. The lowest BCUT2D eigenvalue weighted by Crippen LogP contribution is -2.47. The summed E-state index contributed by atoms with van der Waals surface area (Å²) in [4.78, 5) is 0.